The second kappa shape index (κ2) is 8.38. The molecule has 0 saturated heterocycles. The Bertz CT molecular complexity index is 898. The highest BCUT2D eigenvalue weighted by molar-refractivity contribution is 7.98. The van der Waals surface area contributed by atoms with E-state index in [9.17, 15) is 4.79 Å². The third-order valence-electron chi connectivity index (χ3n) is 3.95. The molecule has 0 spiro atoms. The third kappa shape index (κ3) is 4.26. The fraction of sp³-hybridized carbons (Fsp3) is 0.211. The summed E-state index contributed by atoms with van der Waals surface area (Å²) in [6.45, 7) is 1.90. The molecule has 2 aromatic carbocycles. The Morgan fingerprint density at radius 1 is 1.15 bits per heavy atom. The molecule has 0 fully saturated rings. The number of nitrogens with one attached hydrogen (secondary N) is 1. The Balaban J connectivity index is 1.66. The molecule has 3 aromatic rings. The molecule has 1 heterocycles. The standard InChI is InChI=1S/C19H19ClN4OS/c1-13(21-18(25)14-8-4-3-5-9-14)17-22-23-19(24(17)2)26-12-15-10-6-7-11-16(15)20/h3-11,13H,12H2,1-2H3,(H,21,25)/t13-/m0/s1. The van der Waals surface area contributed by atoms with Crippen molar-refractivity contribution in [2.45, 2.75) is 23.9 Å². The summed E-state index contributed by atoms with van der Waals surface area (Å²) in [5.41, 5.74) is 1.67. The number of benzene rings is 2. The van der Waals surface area contributed by atoms with Crippen LogP contribution in [0.25, 0.3) is 0 Å². The highest BCUT2D eigenvalue weighted by atomic mass is 35.5. The monoisotopic (exact) mass is 386 g/mol. The van der Waals surface area contributed by atoms with E-state index in [0.29, 0.717) is 17.1 Å². The molecule has 0 aliphatic carbocycles. The first-order valence-electron chi connectivity index (χ1n) is 8.17. The van der Waals surface area contributed by atoms with Crippen molar-refractivity contribution in [1.82, 2.24) is 20.1 Å². The molecule has 0 bridgehead atoms. The lowest BCUT2D eigenvalue weighted by Crippen LogP contribution is -2.28. The summed E-state index contributed by atoms with van der Waals surface area (Å²) in [5.74, 6) is 1.28. The van der Waals surface area contributed by atoms with Crippen molar-refractivity contribution in [2.24, 2.45) is 7.05 Å². The number of nitrogens with zero attached hydrogens (tertiary/aromatic N) is 3. The number of carbonyl (C=O) groups is 1. The molecule has 0 aliphatic heterocycles. The maximum Gasteiger partial charge on any atom is 0.251 e. The van der Waals surface area contributed by atoms with E-state index in [1.54, 1.807) is 23.9 Å². The fourth-order valence-corrected chi connectivity index (χ4v) is 3.72. The summed E-state index contributed by atoms with van der Waals surface area (Å²) in [6, 6.07) is 16.6. The zero-order valence-corrected chi connectivity index (χ0v) is 16.1. The molecule has 1 N–H and O–H groups in total. The molecule has 1 atom stereocenters. The van der Waals surface area contributed by atoms with Gasteiger partial charge in [0.2, 0.25) is 0 Å². The first-order valence-corrected chi connectivity index (χ1v) is 9.54. The molecule has 1 amide bonds. The first kappa shape index (κ1) is 18.5. The summed E-state index contributed by atoms with van der Waals surface area (Å²) in [6.07, 6.45) is 0. The molecule has 0 radical (unpaired) electrons. The molecule has 0 saturated carbocycles. The molecular formula is C19H19ClN4OS. The summed E-state index contributed by atoms with van der Waals surface area (Å²) in [5, 5.41) is 13.0. The summed E-state index contributed by atoms with van der Waals surface area (Å²) < 4.78 is 1.90. The SMILES string of the molecule is C[C@H](NC(=O)c1ccccc1)c1nnc(SCc2ccccc2Cl)n1C. The van der Waals surface area contributed by atoms with Gasteiger partial charge in [0.25, 0.3) is 5.91 Å². The normalized spacial score (nSPS) is 12.0. The second-order valence-electron chi connectivity index (χ2n) is 5.84. The maximum atomic E-state index is 12.3. The smallest absolute Gasteiger partial charge is 0.251 e. The van der Waals surface area contributed by atoms with Crippen LogP contribution in [0.4, 0.5) is 0 Å². The Labute approximate surface area is 161 Å². The van der Waals surface area contributed by atoms with Crippen molar-refractivity contribution in [3.05, 3.63) is 76.6 Å². The zero-order valence-electron chi connectivity index (χ0n) is 14.5. The number of rotatable bonds is 6. The van der Waals surface area contributed by atoms with Crippen LogP contribution in [0.1, 0.15) is 34.7 Å². The van der Waals surface area contributed by atoms with Gasteiger partial charge in [-0.1, -0.05) is 59.8 Å². The Morgan fingerprint density at radius 2 is 1.85 bits per heavy atom. The minimum Gasteiger partial charge on any atom is -0.342 e. The van der Waals surface area contributed by atoms with Crippen LogP contribution in [0.15, 0.2) is 59.8 Å². The Morgan fingerprint density at radius 3 is 2.58 bits per heavy atom. The lowest BCUT2D eigenvalue weighted by molar-refractivity contribution is 0.0937. The average molecular weight is 387 g/mol. The van der Waals surface area contributed by atoms with Crippen LogP contribution in [0.5, 0.6) is 0 Å². The number of halogens is 1. The largest absolute Gasteiger partial charge is 0.342 e. The lowest BCUT2D eigenvalue weighted by Gasteiger charge is -2.13. The van der Waals surface area contributed by atoms with Crippen molar-refractivity contribution < 1.29 is 4.79 Å². The summed E-state index contributed by atoms with van der Waals surface area (Å²) in [4.78, 5) is 12.3. The number of amides is 1. The molecule has 134 valence electrons. The number of carbonyl (C=O) groups excluding carboxylic acids is 1. The first-order chi connectivity index (χ1) is 12.6. The van der Waals surface area contributed by atoms with Gasteiger partial charge >= 0.3 is 0 Å². The van der Waals surface area contributed by atoms with Crippen LogP contribution in [0.3, 0.4) is 0 Å². The van der Waals surface area contributed by atoms with Gasteiger partial charge in [0.15, 0.2) is 11.0 Å². The number of aromatic nitrogens is 3. The van der Waals surface area contributed by atoms with Crippen LogP contribution >= 0.6 is 23.4 Å². The number of hydrogen-bond donors (Lipinski definition) is 1. The molecule has 5 nitrogen and oxygen atoms in total. The van der Waals surface area contributed by atoms with E-state index in [-0.39, 0.29) is 11.9 Å². The molecule has 3 rings (SSSR count). The van der Waals surface area contributed by atoms with Gasteiger partial charge in [0, 0.05) is 23.4 Å². The second-order valence-corrected chi connectivity index (χ2v) is 7.19. The van der Waals surface area contributed by atoms with E-state index in [0.717, 1.165) is 15.7 Å². The predicted molar refractivity (Wildman–Crippen MR) is 104 cm³/mol. The van der Waals surface area contributed by atoms with Crippen LogP contribution < -0.4 is 5.32 Å². The van der Waals surface area contributed by atoms with E-state index in [1.165, 1.54) is 0 Å². The predicted octanol–water partition coefficient (Wildman–Crippen LogP) is 4.25. The van der Waals surface area contributed by atoms with Gasteiger partial charge in [-0.3, -0.25) is 4.79 Å². The number of hydrogen-bond acceptors (Lipinski definition) is 4. The van der Waals surface area contributed by atoms with Gasteiger partial charge in [-0.05, 0) is 30.7 Å². The van der Waals surface area contributed by atoms with E-state index in [2.05, 4.69) is 15.5 Å². The molecule has 0 unspecified atom stereocenters. The van der Waals surface area contributed by atoms with Crippen molar-refractivity contribution >= 4 is 29.3 Å². The highest BCUT2D eigenvalue weighted by Gasteiger charge is 2.18. The molecule has 7 heteroatoms. The Kier molecular flexibility index (Phi) is 5.96. The van der Waals surface area contributed by atoms with Crippen LogP contribution in [0, 0.1) is 0 Å². The van der Waals surface area contributed by atoms with Gasteiger partial charge in [0.1, 0.15) is 0 Å². The van der Waals surface area contributed by atoms with Gasteiger partial charge < -0.3 is 9.88 Å². The summed E-state index contributed by atoms with van der Waals surface area (Å²) in [7, 11) is 1.90. The van der Waals surface area contributed by atoms with Crippen LogP contribution in [-0.2, 0) is 12.8 Å². The molecule has 26 heavy (non-hydrogen) atoms. The van der Waals surface area contributed by atoms with Crippen molar-refractivity contribution in [2.75, 3.05) is 0 Å². The quantitative estimate of drug-likeness (QED) is 0.643. The van der Waals surface area contributed by atoms with Gasteiger partial charge in [0.05, 0.1) is 6.04 Å². The van der Waals surface area contributed by atoms with E-state index in [1.807, 2.05) is 61.0 Å². The van der Waals surface area contributed by atoms with Crippen molar-refractivity contribution in [1.29, 1.82) is 0 Å². The fourth-order valence-electron chi connectivity index (χ4n) is 2.52. The van der Waals surface area contributed by atoms with Crippen molar-refractivity contribution in [3.63, 3.8) is 0 Å². The van der Waals surface area contributed by atoms with E-state index >= 15 is 0 Å². The zero-order chi connectivity index (χ0) is 18.5. The maximum absolute atomic E-state index is 12.3. The third-order valence-corrected chi connectivity index (χ3v) is 5.39. The van der Waals surface area contributed by atoms with Gasteiger partial charge in [-0.15, -0.1) is 10.2 Å². The van der Waals surface area contributed by atoms with Crippen molar-refractivity contribution in [3.8, 4) is 0 Å². The Hall–Kier alpha value is -2.31. The summed E-state index contributed by atoms with van der Waals surface area (Å²) >= 11 is 7.76. The lowest BCUT2D eigenvalue weighted by atomic mass is 10.2. The average Bonchev–Trinajstić information content (AvgIpc) is 3.02. The number of thioether (sulfide) groups is 1. The van der Waals surface area contributed by atoms with E-state index < -0.39 is 0 Å². The van der Waals surface area contributed by atoms with Gasteiger partial charge in [-0.25, -0.2) is 0 Å². The molecular weight excluding hydrogens is 368 g/mol. The van der Waals surface area contributed by atoms with Crippen LogP contribution in [0.2, 0.25) is 5.02 Å². The van der Waals surface area contributed by atoms with E-state index in [4.69, 9.17) is 11.6 Å². The minimum absolute atomic E-state index is 0.133. The van der Waals surface area contributed by atoms with Gasteiger partial charge in [-0.2, -0.15) is 0 Å². The van der Waals surface area contributed by atoms with Crippen LogP contribution in [-0.4, -0.2) is 20.7 Å². The molecule has 0 aliphatic rings. The topological polar surface area (TPSA) is 59.8 Å². The minimum atomic E-state index is -0.255. The molecule has 1 aromatic heterocycles. The highest BCUT2D eigenvalue weighted by Crippen LogP contribution is 2.26.